The zero-order chi connectivity index (χ0) is 14.4. The molecule has 0 aliphatic heterocycles. The molecule has 0 unspecified atom stereocenters. The zero-order valence-corrected chi connectivity index (χ0v) is 12.4. The molecule has 4 nitrogen and oxygen atoms in total. The maximum absolute atomic E-state index is 12.0. The van der Waals surface area contributed by atoms with Gasteiger partial charge in [0.1, 0.15) is 5.75 Å². The molecule has 110 valence electrons. The second-order valence-electron chi connectivity index (χ2n) is 5.76. The summed E-state index contributed by atoms with van der Waals surface area (Å²) in [5.41, 5.74) is 0.884. The minimum atomic E-state index is -0.00921. The van der Waals surface area contributed by atoms with E-state index in [2.05, 4.69) is 17.6 Å². The molecule has 2 rings (SSSR count). The van der Waals surface area contributed by atoms with Crippen molar-refractivity contribution in [2.75, 3.05) is 19.0 Å². The zero-order valence-electron chi connectivity index (χ0n) is 12.4. The molecule has 1 amide bonds. The summed E-state index contributed by atoms with van der Waals surface area (Å²) in [6.07, 6.45) is 6.12. The van der Waals surface area contributed by atoms with Crippen LogP contribution >= 0.6 is 0 Å². The molecule has 2 N–H and O–H groups in total. The molecule has 0 aromatic heterocycles. The molecule has 20 heavy (non-hydrogen) atoms. The van der Waals surface area contributed by atoms with Crippen LogP contribution in [0.3, 0.4) is 0 Å². The van der Waals surface area contributed by atoms with Gasteiger partial charge in [0.2, 0.25) is 5.91 Å². The van der Waals surface area contributed by atoms with Crippen molar-refractivity contribution in [2.45, 2.75) is 44.6 Å². The number of hydrogen-bond acceptors (Lipinski definition) is 3. The van der Waals surface area contributed by atoms with Crippen LogP contribution < -0.4 is 15.4 Å². The maximum Gasteiger partial charge on any atom is 0.238 e. The van der Waals surface area contributed by atoms with Crippen molar-refractivity contribution in [1.82, 2.24) is 5.32 Å². The van der Waals surface area contributed by atoms with E-state index < -0.39 is 0 Å². The van der Waals surface area contributed by atoms with Crippen molar-refractivity contribution >= 4 is 11.6 Å². The molecule has 1 saturated carbocycles. The number of ether oxygens (including phenoxy) is 1. The Bertz CT molecular complexity index is 454. The Labute approximate surface area is 120 Å². The molecule has 0 spiro atoms. The first-order valence-electron chi connectivity index (χ1n) is 7.30. The molecule has 0 atom stereocenters. The van der Waals surface area contributed by atoms with Crippen molar-refractivity contribution < 1.29 is 9.53 Å². The first kappa shape index (κ1) is 14.9. The maximum atomic E-state index is 12.0. The van der Waals surface area contributed by atoms with Gasteiger partial charge in [-0.1, -0.05) is 25.3 Å². The number of anilines is 1. The average molecular weight is 276 g/mol. The highest BCUT2D eigenvalue weighted by molar-refractivity contribution is 5.92. The summed E-state index contributed by atoms with van der Waals surface area (Å²) in [6, 6.07) is 7.41. The Morgan fingerprint density at radius 3 is 2.75 bits per heavy atom. The fourth-order valence-corrected chi connectivity index (χ4v) is 2.71. The molecular weight excluding hydrogens is 252 g/mol. The van der Waals surface area contributed by atoms with Gasteiger partial charge in [-0.25, -0.2) is 0 Å². The Morgan fingerprint density at radius 1 is 1.30 bits per heavy atom. The topological polar surface area (TPSA) is 50.4 Å². The molecule has 0 radical (unpaired) electrons. The predicted octanol–water partition coefficient (Wildman–Crippen LogP) is 2.95. The number of benzene rings is 1. The van der Waals surface area contributed by atoms with E-state index in [4.69, 9.17) is 4.74 Å². The monoisotopic (exact) mass is 276 g/mol. The van der Waals surface area contributed by atoms with Gasteiger partial charge < -0.3 is 15.4 Å². The Balaban J connectivity index is 1.82. The van der Waals surface area contributed by atoms with E-state index in [1.165, 1.54) is 19.3 Å². The smallest absolute Gasteiger partial charge is 0.238 e. The SMILES string of the molecule is COc1cccc(NC(=O)CNC2(C)CCCCC2)c1. The number of hydrogen-bond donors (Lipinski definition) is 2. The number of amides is 1. The largest absolute Gasteiger partial charge is 0.497 e. The van der Waals surface area contributed by atoms with E-state index in [0.717, 1.165) is 24.3 Å². The van der Waals surface area contributed by atoms with Gasteiger partial charge in [0.15, 0.2) is 0 Å². The minimum Gasteiger partial charge on any atom is -0.497 e. The van der Waals surface area contributed by atoms with Crippen molar-refractivity contribution in [3.05, 3.63) is 24.3 Å². The normalized spacial score (nSPS) is 17.5. The summed E-state index contributed by atoms with van der Waals surface area (Å²) >= 11 is 0. The first-order valence-corrected chi connectivity index (χ1v) is 7.30. The summed E-state index contributed by atoms with van der Waals surface area (Å²) in [5.74, 6) is 0.736. The molecule has 0 saturated heterocycles. The third-order valence-electron chi connectivity index (χ3n) is 3.99. The van der Waals surface area contributed by atoms with Crippen LogP contribution in [0.4, 0.5) is 5.69 Å². The number of carbonyl (C=O) groups is 1. The van der Waals surface area contributed by atoms with E-state index in [1.54, 1.807) is 7.11 Å². The molecule has 1 aliphatic carbocycles. The summed E-state index contributed by atoms with van der Waals surface area (Å²) in [7, 11) is 1.62. The molecule has 1 aromatic carbocycles. The quantitative estimate of drug-likeness (QED) is 0.869. The Morgan fingerprint density at radius 2 is 2.05 bits per heavy atom. The lowest BCUT2D eigenvalue weighted by molar-refractivity contribution is -0.115. The van der Waals surface area contributed by atoms with Crippen LogP contribution in [0.15, 0.2) is 24.3 Å². The van der Waals surface area contributed by atoms with Crippen LogP contribution in [-0.2, 0) is 4.79 Å². The van der Waals surface area contributed by atoms with E-state index in [1.807, 2.05) is 24.3 Å². The van der Waals surface area contributed by atoms with Crippen molar-refractivity contribution in [2.24, 2.45) is 0 Å². The lowest BCUT2D eigenvalue weighted by atomic mass is 9.83. The number of nitrogens with one attached hydrogen (secondary N) is 2. The van der Waals surface area contributed by atoms with Crippen molar-refractivity contribution in [3.63, 3.8) is 0 Å². The van der Waals surface area contributed by atoms with Crippen LogP contribution in [0.1, 0.15) is 39.0 Å². The van der Waals surface area contributed by atoms with E-state index in [-0.39, 0.29) is 11.4 Å². The summed E-state index contributed by atoms with van der Waals surface area (Å²) in [5, 5.41) is 6.30. The lowest BCUT2D eigenvalue weighted by Gasteiger charge is -2.34. The predicted molar refractivity (Wildman–Crippen MR) is 81.1 cm³/mol. The highest BCUT2D eigenvalue weighted by Crippen LogP contribution is 2.27. The van der Waals surface area contributed by atoms with Gasteiger partial charge in [-0.05, 0) is 31.9 Å². The van der Waals surface area contributed by atoms with Gasteiger partial charge in [-0.3, -0.25) is 4.79 Å². The number of carbonyl (C=O) groups excluding carboxylic acids is 1. The van der Waals surface area contributed by atoms with Gasteiger partial charge >= 0.3 is 0 Å². The van der Waals surface area contributed by atoms with E-state index in [9.17, 15) is 4.79 Å². The third-order valence-corrected chi connectivity index (χ3v) is 3.99. The fraction of sp³-hybridized carbons (Fsp3) is 0.562. The average Bonchev–Trinajstić information content (AvgIpc) is 2.46. The number of rotatable bonds is 5. The van der Waals surface area contributed by atoms with Gasteiger partial charge in [0.25, 0.3) is 0 Å². The molecule has 1 aromatic rings. The van der Waals surface area contributed by atoms with Crippen molar-refractivity contribution in [3.8, 4) is 5.75 Å². The van der Waals surface area contributed by atoms with Crippen LogP contribution in [0.5, 0.6) is 5.75 Å². The molecular formula is C16H24N2O2. The summed E-state index contributed by atoms with van der Waals surface area (Å²) in [6.45, 7) is 2.57. The third kappa shape index (κ3) is 4.23. The second-order valence-corrected chi connectivity index (χ2v) is 5.76. The highest BCUT2D eigenvalue weighted by Gasteiger charge is 2.26. The summed E-state index contributed by atoms with van der Waals surface area (Å²) in [4.78, 5) is 12.0. The van der Waals surface area contributed by atoms with E-state index >= 15 is 0 Å². The highest BCUT2D eigenvalue weighted by atomic mass is 16.5. The molecule has 4 heteroatoms. The molecule has 0 bridgehead atoms. The van der Waals surface area contributed by atoms with Gasteiger partial charge in [-0.15, -0.1) is 0 Å². The standard InChI is InChI=1S/C16H24N2O2/c1-16(9-4-3-5-10-16)17-12-15(19)18-13-7-6-8-14(11-13)20-2/h6-8,11,17H,3-5,9-10,12H2,1-2H3,(H,18,19). The Kier molecular flexibility index (Phi) is 5.01. The van der Waals surface area contributed by atoms with Gasteiger partial charge in [-0.2, -0.15) is 0 Å². The Hall–Kier alpha value is -1.55. The number of methoxy groups -OCH3 is 1. The van der Waals surface area contributed by atoms with E-state index in [0.29, 0.717) is 6.54 Å². The first-order chi connectivity index (χ1) is 9.61. The second kappa shape index (κ2) is 6.75. The minimum absolute atomic E-state index is 0.00921. The lowest BCUT2D eigenvalue weighted by Crippen LogP contribution is -2.47. The summed E-state index contributed by atoms with van der Waals surface area (Å²) < 4.78 is 5.14. The van der Waals surface area contributed by atoms with Crippen LogP contribution in [0, 0.1) is 0 Å². The molecule has 0 heterocycles. The fourth-order valence-electron chi connectivity index (χ4n) is 2.71. The van der Waals surface area contributed by atoms with Gasteiger partial charge in [0.05, 0.1) is 13.7 Å². The molecule has 1 fully saturated rings. The van der Waals surface area contributed by atoms with Crippen LogP contribution in [0.2, 0.25) is 0 Å². The molecule has 1 aliphatic rings. The van der Waals surface area contributed by atoms with Crippen LogP contribution in [0.25, 0.3) is 0 Å². The van der Waals surface area contributed by atoms with Gasteiger partial charge in [0, 0.05) is 17.3 Å². The van der Waals surface area contributed by atoms with Crippen molar-refractivity contribution in [1.29, 1.82) is 0 Å². The van der Waals surface area contributed by atoms with Crippen LogP contribution in [-0.4, -0.2) is 25.1 Å².